The number of nitrogens with two attached hydrogens (primary N) is 1. The third kappa shape index (κ3) is 3.32. The molecular formula is C15H18ClN3S. The van der Waals surface area contributed by atoms with E-state index in [9.17, 15) is 0 Å². The van der Waals surface area contributed by atoms with Crippen molar-refractivity contribution in [2.75, 3.05) is 6.54 Å². The van der Waals surface area contributed by atoms with Crippen LogP contribution in [-0.2, 0) is 6.42 Å². The number of rotatable bonds is 4. The van der Waals surface area contributed by atoms with Crippen LogP contribution < -0.4 is 5.73 Å². The number of hydrogen-bond donors (Lipinski definition) is 1. The van der Waals surface area contributed by atoms with Crippen molar-refractivity contribution in [1.29, 1.82) is 0 Å². The molecule has 1 aromatic carbocycles. The van der Waals surface area contributed by atoms with Crippen LogP contribution in [0, 0.1) is 20.8 Å². The number of nitrogens with zero attached hydrogens (tertiary/aromatic N) is 2. The lowest BCUT2D eigenvalue weighted by Crippen LogP contribution is -2.05. The van der Waals surface area contributed by atoms with E-state index in [-0.39, 0.29) is 0 Å². The van der Waals surface area contributed by atoms with Gasteiger partial charge in [0.15, 0.2) is 5.16 Å². The number of halogens is 1. The molecule has 0 aliphatic rings. The zero-order valence-corrected chi connectivity index (χ0v) is 13.5. The van der Waals surface area contributed by atoms with Gasteiger partial charge in [0, 0.05) is 21.3 Å². The monoisotopic (exact) mass is 307 g/mol. The molecule has 0 aliphatic carbocycles. The lowest BCUT2D eigenvalue weighted by Gasteiger charge is -2.11. The van der Waals surface area contributed by atoms with E-state index in [0.29, 0.717) is 6.54 Å². The number of aryl methyl sites for hydroxylation is 2. The zero-order chi connectivity index (χ0) is 14.7. The predicted octanol–water partition coefficient (Wildman–Crippen LogP) is 3.71. The molecule has 1 heterocycles. The molecule has 0 unspecified atom stereocenters. The third-order valence-corrected chi connectivity index (χ3v) is 4.61. The van der Waals surface area contributed by atoms with Gasteiger partial charge in [-0.25, -0.2) is 9.97 Å². The minimum atomic E-state index is 0.574. The van der Waals surface area contributed by atoms with E-state index in [4.69, 9.17) is 17.3 Å². The Kier molecular flexibility index (Phi) is 5.02. The Morgan fingerprint density at radius 2 is 1.80 bits per heavy atom. The molecule has 2 rings (SSSR count). The highest BCUT2D eigenvalue weighted by molar-refractivity contribution is 7.99. The maximum Gasteiger partial charge on any atom is 0.192 e. The van der Waals surface area contributed by atoms with Gasteiger partial charge in [0.1, 0.15) is 0 Å². The minimum absolute atomic E-state index is 0.574. The predicted molar refractivity (Wildman–Crippen MR) is 84.6 cm³/mol. The largest absolute Gasteiger partial charge is 0.330 e. The highest BCUT2D eigenvalue weighted by Crippen LogP contribution is 2.32. The Morgan fingerprint density at radius 3 is 2.40 bits per heavy atom. The second-order valence-corrected chi connectivity index (χ2v) is 6.08. The average Bonchev–Trinajstić information content (AvgIpc) is 2.40. The van der Waals surface area contributed by atoms with Gasteiger partial charge >= 0.3 is 0 Å². The Bertz CT molecular complexity index is 606. The first-order valence-corrected chi connectivity index (χ1v) is 7.69. The molecule has 0 saturated heterocycles. The summed E-state index contributed by atoms with van der Waals surface area (Å²) in [7, 11) is 0. The molecule has 0 atom stereocenters. The second kappa shape index (κ2) is 6.57. The van der Waals surface area contributed by atoms with Crippen LogP contribution in [0.15, 0.2) is 28.3 Å². The van der Waals surface area contributed by atoms with Crippen LogP contribution in [0.2, 0.25) is 5.02 Å². The van der Waals surface area contributed by atoms with E-state index in [0.717, 1.165) is 44.0 Å². The molecule has 0 aliphatic heterocycles. The first-order chi connectivity index (χ1) is 9.52. The molecule has 0 bridgehead atoms. The summed E-state index contributed by atoms with van der Waals surface area (Å²) in [6.45, 7) is 6.63. The lowest BCUT2D eigenvalue weighted by molar-refractivity contribution is 0.878. The Hall–Kier alpha value is -1.10. The standard InChI is InChI=1S/C15H18ClN3S/c1-9-10(2)18-15(19-11(9)3)20-14-6-4-5-13(16)12(14)7-8-17/h4-6H,7-8,17H2,1-3H3. The fourth-order valence-corrected chi connectivity index (χ4v) is 3.28. The van der Waals surface area contributed by atoms with E-state index in [1.54, 1.807) is 11.8 Å². The van der Waals surface area contributed by atoms with E-state index < -0.39 is 0 Å². The maximum atomic E-state index is 6.25. The fourth-order valence-electron chi connectivity index (χ4n) is 1.91. The van der Waals surface area contributed by atoms with Crippen molar-refractivity contribution in [2.24, 2.45) is 5.73 Å². The SMILES string of the molecule is Cc1nc(Sc2cccc(Cl)c2CCN)nc(C)c1C. The molecular weight excluding hydrogens is 290 g/mol. The molecule has 1 aromatic heterocycles. The summed E-state index contributed by atoms with van der Waals surface area (Å²) in [6.07, 6.45) is 0.756. The second-order valence-electron chi connectivity index (χ2n) is 4.66. The summed E-state index contributed by atoms with van der Waals surface area (Å²) < 4.78 is 0. The molecule has 5 heteroatoms. The van der Waals surface area contributed by atoms with Crippen molar-refractivity contribution in [2.45, 2.75) is 37.2 Å². The molecule has 2 aromatic rings. The molecule has 2 N–H and O–H groups in total. The fraction of sp³-hybridized carbons (Fsp3) is 0.333. The molecule has 0 spiro atoms. The van der Waals surface area contributed by atoms with Gasteiger partial charge in [0.2, 0.25) is 0 Å². The van der Waals surface area contributed by atoms with E-state index in [2.05, 4.69) is 9.97 Å². The molecule has 0 saturated carbocycles. The summed E-state index contributed by atoms with van der Waals surface area (Å²) in [6, 6.07) is 5.87. The zero-order valence-electron chi connectivity index (χ0n) is 11.9. The van der Waals surface area contributed by atoms with Crippen molar-refractivity contribution < 1.29 is 0 Å². The lowest BCUT2D eigenvalue weighted by atomic mass is 10.1. The Morgan fingerprint density at radius 1 is 1.15 bits per heavy atom. The summed E-state index contributed by atoms with van der Waals surface area (Å²) >= 11 is 7.80. The summed E-state index contributed by atoms with van der Waals surface area (Å²) in [5.74, 6) is 0. The minimum Gasteiger partial charge on any atom is -0.330 e. The van der Waals surface area contributed by atoms with Crippen molar-refractivity contribution in [3.8, 4) is 0 Å². The van der Waals surface area contributed by atoms with Crippen LogP contribution in [0.3, 0.4) is 0 Å². The third-order valence-electron chi connectivity index (χ3n) is 3.28. The van der Waals surface area contributed by atoms with Crippen LogP contribution >= 0.6 is 23.4 Å². The first-order valence-electron chi connectivity index (χ1n) is 6.50. The molecule has 106 valence electrons. The van der Waals surface area contributed by atoms with E-state index >= 15 is 0 Å². The van der Waals surface area contributed by atoms with Crippen molar-refractivity contribution in [3.63, 3.8) is 0 Å². The quantitative estimate of drug-likeness (QED) is 0.875. The van der Waals surface area contributed by atoms with Crippen LogP contribution in [0.5, 0.6) is 0 Å². The molecule has 0 fully saturated rings. The highest BCUT2D eigenvalue weighted by atomic mass is 35.5. The Labute approximate surface area is 129 Å². The topological polar surface area (TPSA) is 51.8 Å². The summed E-state index contributed by atoms with van der Waals surface area (Å²) in [5.41, 5.74) is 9.90. The van der Waals surface area contributed by atoms with Gasteiger partial charge in [-0.05, 0) is 68.8 Å². The first kappa shape index (κ1) is 15.3. The van der Waals surface area contributed by atoms with E-state index in [1.165, 1.54) is 0 Å². The summed E-state index contributed by atoms with van der Waals surface area (Å²) in [5, 5.41) is 1.51. The average molecular weight is 308 g/mol. The van der Waals surface area contributed by atoms with Gasteiger partial charge in [-0.1, -0.05) is 17.7 Å². The number of benzene rings is 1. The van der Waals surface area contributed by atoms with E-state index in [1.807, 2.05) is 39.0 Å². The number of hydrogen-bond acceptors (Lipinski definition) is 4. The Balaban J connectivity index is 2.37. The van der Waals surface area contributed by atoms with Gasteiger partial charge < -0.3 is 5.73 Å². The summed E-state index contributed by atoms with van der Waals surface area (Å²) in [4.78, 5) is 10.1. The normalized spacial score (nSPS) is 10.8. The van der Waals surface area contributed by atoms with Gasteiger partial charge in [0.25, 0.3) is 0 Å². The molecule has 3 nitrogen and oxygen atoms in total. The molecule has 0 amide bonds. The number of aromatic nitrogens is 2. The molecule has 0 radical (unpaired) electrons. The van der Waals surface area contributed by atoms with Crippen LogP contribution in [0.4, 0.5) is 0 Å². The smallest absolute Gasteiger partial charge is 0.192 e. The maximum absolute atomic E-state index is 6.25. The van der Waals surface area contributed by atoms with Crippen molar-refractivity contribution in [3.05, 3.63) is 45.7 Å². The van der Waals surface area contributed by atoms with Crippen LogP contribution in [-0.4, -0.2) is 16.5 Å². The van der Waals surface area contributed by atoms with Crippen molar-refractivity contribution in [1.82, 2.24) is 9.97 Å². The van der Waals surface area contributed by atoms with Gasteiger partial charge in [0.05, 0.1) is 0 Å². The van der Waals surface area contributed by atoms with Crippen LogP contribution in [0.1, 0.15) is 22.5 Å². The van der Waals surface area contributed by atoms with Gasteiger partial charge in [-0.15, -0.1) is 0 Å². The van der Waals surface area contributed by atoms with Crippen LogP contribution in [0.25, 0.3) is 0 Å². The highest BCUT2D eigenvalue weighted by Gasteiger charge is 2.11. The van der Waals surface area contributed by atoms with Gasteiger partial charge in [-0.2, -0.15) is 0 Å². The van der Waals surface area contributed by atoms with Gasteiger partial charge in [-0.3, -0.25) is 0 Å². The molecule has 20 heavy (non-hydrogen) atoms. The van der Waals surface area contributed by atoms with Crippen molar-refractivity contribution >= 4 is 23.4 Å².